The van der Waals surface area contributed by atoms with Crippen LogP contribution in [0.5, 0.6) is 0 Å². The molecule has 0 spiro atoms. The van der Waals surface area contributed by atoms with Gasteiger partial charge < -0.3 is 10.6 Å². The van der Waals surface area contributed by atoms with E-state index in [0.29, 0.717) is 13.0 Å². The Hall–Kier alpha value is -1.35. The van der Waals surface area contributed by atoms with Crippen molar-refractivity contribution in [1.82, 2.24) is 10.6 Å². The summed E-state index contributed by atoms with van der Waals surface area (Å²) in [7, 11) is 0. The monoisotopic (exact) mass is 248 g/mol. The van der Waals surface area contributed by atoms with Crippen molar-refractivity contribution in [2.45, 2.75) is 46.2 Å². The average Bonchev–Trinajstić information content (AvgIpc) is 2.34. The van der Waals surface area contributed by atoms with E-state index in [2.05, 4.69) is 41.8 Å². The van der Waals surface area contributed by atoms with Crippen molar-refractivity contribution in [3.8, 4) is 0 Å². The largest absolute Gasteiger partial charge is 0.354 e. The predicted molar refractivity (Wildman–Crippen MR) is 75.4 cm³/mol. The summed E-state index contributed by atoms with van der Waals surface area (Å²) in [4.78, 5) is 11.4. The van der Waals surface area contributed by atoms with Crippen molar-refractivity contribution in [2.24, 2.45) is 0 Å². The van der Waals surface area contributed by atoms with E-state index in [1.807, 2.05) is 13.8 Å². The Balaban J connectivity index is 2.19. The Morgan fingerprint density at radius 1 is 1.17 bits per heavy atom. The zero-order valence-corrected chi connectivity index (χ0v) is 11.6. The third-order valence-electron chi connectivity index (χ3n) is 2.74. The Labute approximate surface area is 110 Å². The average molecular weight is 248 g/mol. The smallest absolute Gasteiger partial charge is 0.221 e. The number of hydrogen-bond acceptors (Lipinski definition) is 2. The van der Waals surface area contributed by atoms with Crippen molar-refractivity contribution >= 4 is 5.91 Å². The molecule has 0 saturated carbocycles. The molecule has 100 valence electrons. The van der Waals surface area contributed by atoms with E-state index >= 15 is 0 Å². The molecule has 1 rings (SSSR count). The van der Waals surface area contributed by atoms with Crippen LogP contribution >= 0.6 is 0 Å². The number of benzene rings is 1. The van der Waals surface area contributed by atoms with Gasteiger partial charge in [-0.15, -0.1) is 0 Å². The van der Waals surface area contributed by atoms with Gasteiger partial charge in [0.1, 0.15) is 0 Å². The first kappa shape index (κ1) is 14.7. The number of rotatable bonds is 7. The van der Waals surface area contributed by atoms with Crippen molar-refractivity contribution in [2.75, 3.05) is 6.54 Å². The quantitative estimate of drug-likeness (QED) is 0.727. The fourth-order valence-electron chi connectivity index (χ4n) is 1.72. The molecule has 0 aromatic heterocycles. The van der Waals surface area contributed by atoms with Crippen LogP contribution in [0.2, 0.25) is 0 Å². The Morgan fingerprint density at radius 3 is 2.33 bits per heavy atom. The topological polar surface area (TPSA) is 41.1 Å². The van der Waals surface area contributed by atoms with Crippen LogP contribution < -0.4 is 10.6 Å². The van der Waals surface area contributed by atoms with Crippen LogP contribution in [0.3, 0.4) is 0 Å². The zero-order chi connectivity index (χ0) is 13.4. The second-order valence-electron chi connectivity index (χ2n) is 4.82. The normalized spacial score (nSPS) is 10.7. The summed E-state index contributed by atoms with van der Waals surface area (Å²) >= 11 is 0. The number of aryl methyl sites for hydroxylation is 1. The molecule has 0 fully saturated rings. The third-order valence-corrected chi connectivity index (χ3v) is 2.74. The van der Waals surface area contributed by atoms with Crippen LogP contribution in [0.15, 0.2) is 24.3 Å². The lowest BCUT2D eigenvalue weighted by molar-refractivity contribution is -0.121. The minimum absolute atomic E-state index is 0.110. The zero-order valence-electron chi connectivity index (χ0n) is 11.6. The first-order chi connectivity index (χ1) is 8.61. The first-order valence-corrected chi connectivity index (χ1v) is 6.69. The van der Waals surface area contributed by atoms with Crippen molar-refractivity contribution in [3.05, 3.63) is 35.4 Å². The van der Waals surface area contributed by atoms with Crippen molar-refractivity contribution in [3.63, 3.8) is 0 Å². The summed E-state index contributed by atoms with van der Waals surface area (Å²) in [6, 6.07) is 8.81. The number of carbonyl (C=O) groups is 1. The SMILES string of the molecule is CCc1ccc(CNCCC(=O)NC(C)C)cc1. The van der Waals surface area contributed by atoms with Gasteiger partial charge >= 0.3 is 0 Å². The molecule has 1 amide bonds. The summed E-state index contributed by atoms with van der Waals surface area (Å²) in [6.07, 6.45) is 1.61. The van der Waals surface area contributed by atoms with Crippen LogP contribution in [0.25, 0.3) is 0 Å². The summed E-state index contributed by atoms with van der Waals surface area (Å²) in [5, 5.41) is 6.16. The van der Waals surface area contributed by atoms with Crippen molar-refractivity contribution in [1.29, 1.82) is 0 Å². The van der Waals surface area contributed by atoms with Crippen molar-refractivity contribution < 1.29 is 4.79 Å². The molecule has 0 heterocycles. The van der Waals surface area contributed by atoms with E-state index in [1.165, 1.54) is 11.1 Å². The van der Waals surface area contributed by atoms with Gasteiger partial charge in [-0.05, 0) is 31.4 Å². The fraction of sp³-hybridized carbons (Fsp3) is 0.533. The molecule has 0 saturated heterocycles. The first-order valence-electron chi connectivity index (χ1n) is 6.69. The van der Waals surface area contributed by atoms with Gasteiger partial charge in [-0.25, -0.2) is 0 Å². The number of nitrogens with one attached hydrogen (secondary N) is 2. The number of hydrogen-bond donors (Lipinski definition) is 2. The molecule has 18 heavy (non-hydrogen) atoms. The second-order valence-corrected chi connectivity index (χ2v) is 4.82. The summed E-state index contributed by atoms with van der Waals surface area (Å²) < 4.78 is 0. The molecule has 0 unspecified atom stereocenters. The van der Waals surface area contributed by atoms with Gasteiger partial charge in [-0.3, -0.25) is 4.79 Å². The Bertz CT molecular complexity index is 357. The molecule has 0 aliphatic rings. The maximum Gasteiger partial charge on any atom is 0.221 e. The molecular weight excluding hydrogens is 224 g/mol. The highest BCUT2D eigenvalue weighted by Gasteiger charge is 2.02. The van der Waals surface area contributed by atoms with E-state index < -0.39 is 0 Å². The Kier molecular flexibility index (Phi) is 6.44. The highest BCUT2D eigenvalue weighted by Crippen LogP contribution is 2.04. The van der Waals surface area contributed by atoms with Gasteiger partial charge in [-0.2, -0.15) is 0 Å². The maximum atomic E-state index is 11.4. The van der Waals surface area contributed by atoms with E-state index in [4.69, 9.17) is 0 Å². The molecule has 1 aromatic rings. The minimum Gasteiger partial charge on any atom is -0.354 e. The molecule has 3 heteroatoms. The predicted octanol–water partition coefficient (Wildman–Crippen LogP) is 2.25. The number of carbonyl (C=O) groups excluding carboxylic acids is 1. The standard InChI is InChI=1S/C15H24N2O/c1-4-13-5-7-14(8-6-13)11-16-10-9-15(18)17-12(2)3/h5-8,12,16H,4,9-11H2,1-3H3,(H,17,18). The van der Waals surface area contributed by atoms with Crippen LogP contribution in [0.4, 0.5) is 0 Å². The van der Waals surface area contributed by atoms with Crippen LogP contribution in [0, 0.1) is 0 Å². The molecule has 0 radical (unpaired) electrons. The fourth-order valence-corrected chi connectivity index (χ4v) is 1.72. The van der Waals surface area contributed by atoms with Crippen LogP contribution in [-0.4, -0.2) is 18.5 Å². The van der Waals surface area contributed by atoms with E-state index in [0.717, 1.165) is 13.0 Å². The van der Waals surface area contributed by atoms with Gasteiger partial charge in [-0.1, -0.05) is 31.2 Å². The van der Waals surface area contributed by atoms with E-state index in [1.54, 1.807) is 0 Å². The van der Waals surface area contributed by atoms with E-state index in [-0.39, 0.29) is 11.9 Å². The van der Waals surface area contributed by atoms with Crippen LogP contribution in [-0.2, 0) is 17.8 Å². The summed E-state index contributed by atoms with van der Waals surface area (Å²) in [6.45, 7) is 7.63. The molecule has 0 aliphatic carbocycles. The second kappa shape index (κ2) is 7.88. The summed E-state index contributed by atoms with van der Waals surface area (Å²) in [5.41, 5.74) is 2.62. The molecule has 0 atom stereocenters. The lowest BCUT2D eigenvalue weighted by Crippen LogP contribution is -2.32. The van der Waals surface area contributed by atoms with Gasteiger partial charge in [0.25, 0.3) is 0 Å². The highest BCUT2D eigenvalue weighted by molar-refractivity contribution is 5.76. The Morgan fingerprint density at radius 2 is 1.78 bits per heavy atom. The van der Waals surface area contributed by atoms with Gasteiger partial charge in [0.2, 0.25) is 5.91 Å². The third kappa shape index (κ3) is 5.82. The molecule has 0 aliphatic heterocycles. The molecule has 0 bridgehead atoms. The lowest BCUT2D eigenvalue weighted by Gasteiger charge is -2.09. The van der Waals surface area contributed by atoms with Gasteiger partial charge in [0, 0.05) is 25.6 Å². The molecule has 2 N–H and O–H groups in total. The highest BCUT2D eigenvalue weighted by atomic mass is 16.1. The lowest BCUT2D eigenvalue weighted by atomic mass is 10.1. The molecule has 1 aromatic carbocycles. The minimum atomic E-state index is 0.110. The maximum absolute atomic E-state index is 11.4. The number of amides is 1. The van der Waals surface area contributed by atoms with Crippen LogP contribution in [0.1, 0.15) is 38.3 Å². The summed E-state index contributed by atoms with van der Waals surface area (Å²) in [5.74, 6) is 0.110. The van der Waals surface area contributed by atoms with E-state index in [9.17, 15) is 4.79 Å². The molecular formula is C15H24N2O. The van der Waals surface area contributed by atoms with Gasteiger partial charge in [0.15, 0.2) is 0 Å². The van der Waals surface area contributed by atoms with Gasteiger partial charge in [0.05, 0.1) is 0 Å². The molecule has 3 nitrogen and oxygen atoms in total.